The molecule has 3 aromatic rings. The average Bonchev–Trinajstić information content (AvgIpc) is 3.12. The molecule has 0 atom stereocenters. The second-order valence-electron chi connectivity index (χ2n) is 7.03. The van der Waals surface area contributed by atoms with Crippen LogP contribution in [-0.2, 0) is 11.2 Å². The molecule has 5 heteroatoms. The maximum absolute atomic E-state index is 12.6. The first-order valence-corrected chi connectivity index (χ1v) is 9.92. The van der Waals surface area contributed by atoms with Crippen molar-refractivity contribution in [3.63, 3.8) is 0 Å². The summed E-state index contributed by atoms with van der Waals surface area (Å²) in [6.45, 7) is 3.18. The van der Waals surface area contributed by atoms with Crippen molar-refractivity contribution in [2.75, 3.05) is 31.1 Å². The Balaban J connectivity index is 1.27. The molecule has 0 unspecified atom stereocenters. The van der Waals surface area contributed by atoms with E-state index in [2.05, 4.69) is 34.3 Å². The van der Waals surface area contributed by atoms with Crippen LogP contribution in [0.25, 0.3) is 10.9 Å². The van der Waals surface area contributed by atoms with Crippen LogP contribution in [0.4, 0.5) is 5.69 Å². The molecule has 0 aliphatic carbocycles. The molecular weight excluding hydrogens is 358 g/mol. The van der Waals surface area contributed by atoms with Crippen molar-refractivity contribution in [1.82, 2.24) is 9.88 Å². The molecule has 4 rings (SSSR count). The van der Waals surface area contributed by atoms with Gasteiger partial charge in [0.2, 0.25) is 5.91 Å². The Morgan fingerprint density at radius 1 is 1.00 bits per heavy atom. The number of nitrogens with one attached hydrogen (secondary N) is 1. The first-order valence-electron chi connectivity index (χ1n) is 9.54. The van der Waals surface area contributed by atoms with Gasteiger partial charge in [-0.05, 0) is 36.6 Å². The highest BCUT2D eigenvalue weighted by molar-refractivity contribution is 6.33. The van der Waals surface area contributed by atoms with E-state index in [-0.39, 0.29) is 5.91 Å². The molecule has 140 valence electrons. The standard InChI is InChI=1S/C22H24ClN3O/c23-19-8-2-4-10-21(19)25-12-14-26(15-13-25)22(27)11-5-6-17-16-24-20-9-3-1-7-18(17)20/h1-4,7-10,16,24H,5-6,11-15H2. The number of H-pyrrole nitrogens is 1. The molecule has 1 fully saturated rings. The zero-order valence-electron chi connectivity index (χ0n) is 15.3. The molecule has 2 aromatic carbocycles. The smallest absolute Gasteiger partial charge is 0.222 e. The van der Waals surface area contributed by atoms with Crippen LogP contribution in [0.3, 0.4) is 0 Å². The van der Waals surface area contributed by atoms with Crippen LogP contribution in [0.1, 0.15) is 18.4 Å². The molecule has 1 aliphatic rings. The third-order valence-electron chi connectivity index (χ3n) is 5.34. The van der Waals surface area contributed by atoms with Gasteiger partial charge in [0.1, 0.15) is 0 Å². The van der Waals surface area contributed by atoms with Crippen molar-refractivity contribution < 1.29 is 4.79 Å². The van der Waals surface area contributed by atoms with Gasteiger partial charge in [0.25, 0.3) is 0 Å². The van der Waals surface area contributed by atoms with E-state index in [0.717, 1.165) is 55.2 Å². The van der Waals surface area contributed by atoms with Crippen LogP contribution >= 0.6 is 11.6 Å². The fourth-order valence-corrected chi connectivity index (χ4v) is 4.09. The lowest BCUT2D eigenvalue weighted by Crippen LogP contribution is -2.48. The number of aromatic nitrogens is 1. The van der Waals surface area contributed by atoms with Gasteiger partial charge >= 0.3 is 0 Å². The van der Waals surface area contributed by atoms with Gasteiger partial charge in [0, 0.05) is 49.7 Å². The molecule has 1 amide bonds. The second-order valence-corrected chi connectivity index (χ2v) is 7.44. The number of hydrogen-bond acceptors (Lipinski definition) is 2. The van der Waals surface area contributed by atoms with E-state index in [9.17, 15) is 4.79 Å². The Bertz CT molecular complexity index is 928. The van der Waals surface area contributed by atoms with E-state index in [1.54, 1.807) is 0 Å². The molecule has 27 heavy (non-hydrogen) atoms. The zero-order chi connectivity index (χ0) is 18.6. The predicted molar refractivity (Wildman–Crippen MR) is 111 cm³/mol. The monoisotopic (exact) mass is 381 g/mol. The fourth-order valence-electron chi connectivity index (χ4n) is 3.83. The number of benzene rings is 2. The van der Waals surface area contributed by atoms with Crippen molar-refractivity contribution in [2.24, 2.45) is 0 Å². The zero-order valence-corrected chi connectivity index (χ0v) is 16.1. The molecule has 0 spiro atoms. The van der Waals surface area contributed by atoms with Crippen LogP contribution in [0.15, 0.2) is 54.7 Å². The van der Waals surface area contributed by atoms with E-state index >= 15 is 0 Å². The van der Waals surface area contributed by atoms with Crippen LogP contribution in [0.2, 0.25) is 5.02 Å². The van der Waals surface area contributed by atoms with Crippen molar-refractivity contribution in [3.05, 3.63) is 65.3 Å². The number of halogens is 1. The Kier molecular flexibility index (Phi) is 5.35. The maximum Gasteiger partial charge on any atom is 0.222 e. The van der Waals surface area contributed by atoms with Gasteiger partial charge in [-0.2, -0.15) is 0 Å². The minimum Gasteiger partial charge on any atom is -0.367 e. The minimum atomic E-state index is 0.258. The highest BCUT2D eigenvalue weighted by Crippen LogP contribution is 2.26. The summed E-state index contributed by atoms with van der Waals surface area (Å²) < 4.78 is 0. The van der Waals surface area contributed by atoms with Crippen LogP contribution in [0.5, 0.6) is 0 Å². The van der Waals surface area contributed by atoms with Gasteiger partial charge < -0.3 is 14.8 Å². The summed E-state index contributed by atoms with van der Waals surface area (Å²) >= 11 is 6.29. The summed E-state index contributed by atoms with van der Waals surface area (Å²) in [5.74, 6) is 0.258. The quantitative estimate of drug-likeness (QED) is 0.707. The number of nitrogens with zero attached hydrogens (tertiary/aromatic N) is 2. The second kappa shape index (κ2) is 8.05. The average molecular weight is 382 g/mol. The van der Waals surface area contributed by atoms with Crippen LogP contribution in [-0.4, -0.2) is 42.0 Å². The lowest BCUT2D eigenvalue weighted by molar-refractivity contribution is -0.131. The van der Waals surface area contributed by atoms with Gasteiger partial charge in [0.05, 0.1) is 10.7 Å². The predicted octanol–water partition coefficient (Wildman–Crippen LogP) is 4.49. The largest absolute Gasteiger partial charge is 0.367 e. The fraction of sp³-hybridized carbons (Fsp3) is 0.318. The summed E-state index contributed by atoms with van der Waals surface area (Å²) in [6.07, 6.45) is 4.48. The van der Waals surface area contributed by atoms with Crippen LogP contribution in [0, 0.1) is 0 Å². The number of carbonyl (C=O) groups excluding carboxylic acids is 1. The Labute approximate surface area is 164 Å². The SMILES string of the molecule is O=C(CCCc1c[nH]c2ccccc12)N1CCN(c2ccccc2Cl)CC1. The topological polar surface area (TPSA) is 39.3 Å². The van der Waals surface area contributed by atoms with Crippen molar-refractivity contribution in [3.8, 4) is 0 Å². The molecular formula is C22H24ClN3O. The minimum absolute atomic E-state index is 0.258. The lowest BCUT2D eigenvalue weighted by atomic mass is 10.1. The summed E-state index contributed by atoms with van der Waals surface area (Å²) in [4.78, 5) is 20.1. The number of fused-ring (bicyclic) bond motifs is 1. The van der Waals surface area contributed by atoms with Gasteiger partial charge in [-0.1, -0.05) is 41.9 Å². The highest BCUT2D eigenvalue weighted by atomic mass is 35.5. The number of amides is 1. The summed E-state index contributed by atoms with van der Waals surface area (Å²) in [7, 11) is 0. The summed E-state index contributed by atoms with van der Waals surface area (Å²) in [6, 6.07) is 16.2. The van der Waals surface area contributed by atoms with Gasteiger partial charge in [0.15, 0.2) is 0 Å². The number of aromatic amines is 1. The van der Waals surface area contributed by atoms with Crippen LogP contribution < -0.4 is 4.90 Å². The molecule has 2 heterocycles. The third-order valence-corrected chi connectivity index (χ3v) is 5.66. The van der Waals surface area contributed by atoms with E-state index in [1.165, 1.54) is 10.9 Å². The van der Waals surface area contributed by atoms with E-state index < -0.39 is 0 Å². The molecule has 1 aromatic heterocycles. The van der Waals surface area contributed by atoms with Crippen molar-refractivity contribution in [1.29, 1.82) is 0 Å². The highest BCUT2D eigenvalue weighted by Gasteiger charge is 2.22. The van der Waals surface area contributed by atoms with E-state index in [0.29, 0.717) is 6.42 Å². The lowest BCUT2D eigenvalue weighted by Gasteiger charge is -2.36. The number of aryl methyl sites for hydroxylation is 1. The molecule has 0 radical (unpaired) electrons. The summed E-state index contributed by atoms with van der Waals surface area (Å²) in [5.41, 5.74) is 3.52. The number of anilines is 1. The van der Waals surface area contributed by atoms with E-state index in [4.69, 9.17) is 11.6 Å². The number of rotatable bonds is 5. The molecule has 0 bridgehead atoms. The number of carbonyl (C=O) groups is 1. The maximum atomic E-state index is 12.6. The van der Waals surface area contributed by atoms with Crippen molar-refractivity contribution >= 4 is 34.1 Å². The van der Waals surface area contributed by atoms with Gasteiger partial charge in [-0.15, -0.1) is 0 Å². The molecule has 0 saturated carbocycles. The Hall–Kier alpha value is -2.46. The normalized spacial score (nSPS) is 14.7. The van der Waals surface area contributed by atoms with Gasteiger partial charge in [-0.3, -0.25) is 4.79 Å². The number of piperazine rings is 1. The number of para-hydroxylation sites is 2. The third kappa shape index (κ3) is 3.96. The molecule has 1 saturated heterocycles. The first-order chi connectivity index (χ1) is 13.2. The van der Waals surface area contributed by atoms with Gasteiger partial charge in [-0.25, -0.2) is 0 Å². The summed E-state index contributed by atoms with van der Waals surface area (Å²) in [5, 5.41) is 2.04. The number of hydrogen-bond donors (Lipinski definition) is 1. The Morgan fingerprint density at radius 2 is 1.74 bits per heavy atom. The molecule has 4 nitrogen and oxygen atoms in total. The first kappa shape index (κ1) is 17.9. The van der Waals surface area contributed by atoms with Crippen molar-refractivity contribution in [2.45, 2.75) is 19.3 Å². The van der Waals surface area contributed by atoms with E-state index in [1.807, 2.05) is 35.2 Å². The molecule has 1 aliphatic heterocycles. The molecule has 1 N–H and O–H groups in total. The Morgan fingerprint density at radius 3 is 2.56 bits per heavy atom.